The van der Waals surface area contributed by atoms with Crippen molar-refractivity contribution >= 4 is 23.4 Å². The highest BCUT2D eigenvalue weighted by atomic mass is 35.5. The van der Waals surface area contributed by atoms with E-state index in [0.29, 0.717) is 23.7 Å². The molecule has 2 heterocycles. The SMILES string of the molecule is O=C(c1ccoc1)N1CCC(NC(=O)C2(c3ccc(Cl)cc3)CC2)CC1. The lowest BCUT2D eigenvalue weighted by Gasteiger charge is -2.33. The monoisotopic (exact) mass is 372 g/mol. The van der Waals surface area contributed by atoms with Crippen LogP contribution in [-0.4, -0.2) is 35.8 Å². The maximum Gasteiger partial charge on any atom is 0.257 e. The van der Waals surface area contributed by atoms with Gasteiger partial charge in [0.1, 0.15) is 6.26 Å². The predicted molar refractivity (Wildman–Crippen MR) is 98.1 cm³/mol. The molecule has 26 heavy (non-hydrogen) atoms. The van der Waals surface area contributed by atoms with Gasteiger partial charge in [0, 0.05) is 24.2 Å². The van der Waals surface area contributed by atoms with Crippen LogP contribution in [0.5, 0.6) is 0 Å². The zero-order valence-electron chi connectivity index (χ0n) is 14.4. The van der Waals surface area contributed by atoms with Crippen LogP contribution in [0.2, 0.25) is 5.02 Å². The summed E-state index contributed by atoms with van der Waals surface area (Å²) >= 11 is 5.95. The summed E-state index contributed by atoms with van der Waals surface area (Å²) in [5, 5.41) is 3.88. The number of rotatable bonds is 4. The Morgan fingerprint density at radius 1 is 1.12 bits per heavy atom. The number of benzene rings is 1. The van der Waals surface area contributed by atoms with Crippen LogP contribution in [0.3, 0.4) is 0 Å². The molecule has 0 spiro atoms. The highest BCUT2D eigenvalue weighted by molar-refractivity contribution is 6.30. The van der Waals surface area contributed by atoms with Crippen molar-refractivity contribution < 1.29 is 14.0 Å². The Bertz CT molecular complexity index is 789. The first-order valence-corrected chi connectivity index (χ1v) is 9.35. The van der Waals surface area contributed by atoms with Crippen molar-refractivity contribution in [1.82, 2.24) is 10.2 Å². The lowest BCUT2D eigenvalue weighted by Crippen LogP contribution is -2.48. The molecule has 1 aliphatic carbocycles. The predicted octanol–water partition coefficient (Wildman–Crippen LogP) is 3.39. The first-order valence-electron chi connectivity index (χ1n) is 8.97. The highest BCUT2D eigenvalue weighted by Gasteiger charge is 2.51. The smallest absolute Gasteiger partial charge is 0.257 e. The van der Waals surface area contributed by atoms with Crippen LogP contribution >= 0.6 is 11.6 Å². The van der Waals surface area contributed by atoms with Crippen molar-refractivity contribution in [2.75, 3.05) is 13.1 Å². The minimum Gasteiger partial charge on any atom is -0.472 e. The third kappa shape index (κ3) is 3.23. The van der Waals surface area contributed by atoms with Crippen molar-refractivity contribution in [2.45, 2.75) is 37.1 Å². The van der Waals surface area contributed by atoms with Gasteiger partial charge in [0.15, 0.2) is 0 Å². The number of amides is 2. The minimum atomic E-state index is -0.395. The highest BCUT2D eigenvalue weighted by Crippen LogP contribution is 2.48. The molecule has 1 aliphatic heterocycles. The van der Waals surface area contributed by atoms with Crippen molar-refractivity contribution in [3.05, 3.63) is 59.0 Å². The fourth-order valence-corrected chi connectivity index (χ4v) is 3.79. The van der Waals surface area contributed by atoms with Gasteiger partial charge >= 0.3 is 0 Å². The molecule has 6 heteroatoms. The van der Waals surface area contributed by atoms with Crippen molar-refractivity contribution in [3.8, 4) is 0 Å². The second kappa shape index (κ2) is 6.80. The lowest BCUT2D eigenvalue weighted by atomic mass is 9.94. The van der Waals surface area contributed by atoms with E-state index in [4.69, 9.17) is 16.0 Å². The first-order chi connectivity index (χ1) is 12.6. The topological polar surface area (TPSA) is 62.6 Å². The molecule has 1 saturated carbocycles. The number of likely N-dealkylation sites (tertiary alicyclic amines) is 1. The van der Waals surface area contributed by atoms with Gasteiger partial charge in [-0.2, -0.15) is 0 Å². The zero-order chi connectivity index (χ0) is 18.1. The number of halogens is 1. The molecule has 1 aromatic carbocycles. The molecule has 0 radical (unpaired) electrons. The van der Waals surface area contributed by atoms with E-state index in [9.17, 15) is 9.59 Å². The van der Waals surface area contributed by atoms with E-state index in [0.717, 1.165) is 31.2 Å². The summed E-state index contributed by atoms with van der Waals surface area (Å²) in [6, 6.07) is 9.36. The van der Waals surface area contributed by atoms with Crippen LogP contribution in [0.1, 0.15) is 41.6 Å². The van der Waals surface area contributed by atoms with Crippen LogP contribution in [0.25, 0.3) is 0 Å². The van der Waals surface area contributed by atoms with Gasteiger partial charge in [-0.25, -0.2) is 0 Å². The molecule has 2 amide bonds. The van der Waals surface area contributed by atoms with Gasteiger partial charge in [-0.3, -0.25) is 9.59 Å². The summed E-state index contributed by atoms with van der Waals surface area (Å²) in [6.07, 6.45) is 6.26. The van der Waals surface area contributed by atoms with Gasteiger partial charge in [0.05, 0.1) is 17.2 Å². The molecule has 0 atom stereocenters. The number of carbonyl (C=O) groups excluding carboxylic acids is 2. The van der Waals surface area contributed by atoms with Gasteiger partial charge in [0.25, 0.3) is 5.91 Å². The Kier molecular flexibility index (Phi) is 4.49. The third-order valence-corrected chi connectivity index (χ3v) is 5.72. The quantitative estimate of drug-likeness (QED) is 0.894. The molecule has 1 N–H and O–H groups in total. The van der Waals surface area contributed by atoms with Gasteiger partial charge in [0.2, 0.25) is 5.91 Å². The van der Waals surface area contributed by atoms with E-state index in [2.05, 4.69) is 5.32 Å². The van der Waals surface area contributed by atoms with Crippen LogP contribution in [-0.2, 0) is 10.2 Å². The molecular formula is C20H21ClN2O3. The first kappa shape index (κ1) is 17.2. The fourth-order valence-electron chi connectivity index (χ4n) is 3.66. The maximum absolute atomic E-state index is 12.8. The molecule has 1 aromatic heterocycles. The van der Waals surface area contributed by atoms with E-state index in [1.165, 1.54) is 12.5 Å². The normalized spacial score (nSPS) is 19.2. The van der Waals surface area contributed by atoms with Gasteiger partial charge < -0.3 is 14.6 Å². The molecule has 2 fully saturated rings. The molecule has 136 valence electrons. The number of hydrogen-bond acceptors (Lipinski definition) is 3. The van der Waals surface area contributed by atoms with Gasteiger partial charge in [-0.05, 0) is 49.4 Å². The van der Waals surface area contributed by atoms with E-state index in [1.54, 1.807) is 6.07 Å². The summed E-state index contributed by atoms with van der Waals surface area (Å²) in [4.78, 5) is 27.0. The summed E-state index contributed by atoms with van der Waals surface area (Å²) in [5.74, 6) is 0.0859. The Balaban J connectivity index is 1.34. The molecule has 0 bridgehead atoms. The molecule has 0 unspecified atom stereocenters. The van der Waals surface area contributed by atoms with Crippen LogP contribution in [0.15, 0.2) is 47.3 Å². The minimum absolute atomic E-state index is 0.0108. The van der Waals surface area contributed by atoms with Gasteiger partial charge in [-0.15, -0.1) is 0 Å². The van der Waals surface area contributed by atoms with Crippen molar-refractivity contribution in [3.63, 3.8) is 0 Å². The molecule has 2 aliphatic rings. The standard InChI is InChI=1S/C20H21ClN2O3/c21-16-3-1-15(2-4-16)20(8-9-20)19(25)22-17-5-10-23(11-6-17)18(24)14-7-12-26-13-14/h1-4,7,12-13,17H,5-6,8-11H2,(H,22,25). The van der Waals surface area contributed by atoms with E-state index in [1.807, 2.05) is 29.2 Å². The summed E-state index contributed by atoms with van der Waals surface area (Å²) < 4.78 is 4.98. The number of nitrogens with one attached hydrogen (secondary N) is 1. The molecule has 5 nitrogen and oxygen atoms in total. The number of piperidine rings is 1. The summed E-state index contributed by atoms with van der Waals surface area (Å²) in [6.45, 7) is 1.28. The molecule has 1 saturated heterocycles. The summed E-state index contributed by atoms with van der Waals surface area (Å²) in [5.41, 5.74) is 1.22. The zero-order valence-corrected chi connectivity index (χ0v) is 15.2. The number of carbonyl (C=O) groups is 2. The van der Waals surface area contributed by atoms with Crippen LogP contribution in [0.4, 0.5) is 0 Å². The second-order valence-corrected chi connectivity index (χ2v) is 7.58. The molecular weight excluding hydrogens is 352 g/mol. The Hall–Kier alpha value is -2.27. The van der Waals surface area contributed by atoms with Gasteiger partial charge in [-0.1, -0.05) is 23.7 Å². The average Bonchev–Trinajstić information content (AvgIpc) is 3.29. The Labute approximate surface area is 157 Å². The number of nitrogens with zero attached hydrogens (tertiary/aromatic N) is 1. The fraction of sp³-hybridized carbons (Fsp3) is 0.400. The molecule has 2 aromatic rings. The maximum atomic E-state index is 12.8. The number of hydrogen-bond donors (Lipinski definition) is 1. The Morgan fingerprint density at radius 2 is 1.81 bits per heavy atom. The number of furan rings is 1. The van der Waals surface area contributed by atoms with E-state index >= 15 is 0 Å². The largest absolute Gasteiger partial charge is 0.472 e. The van der Waals surface area contributed by atoms with E-state index in [-0.39, 0.29) is 17.9 Å². The summed E-state index contributed by atoms with van der Waals surface area (Å²) in [7, 11) is 0. The average molecular weight is 373 g/mol. The van der Waals surface area contributed by atoms with Crippen LogP contribution < -0.4 is 5.32 Å². The third-order valence-electron chi connectivity index (χ3n) is 5.47. The Morgan fingerprint density at radius 3 is 2.38 bits per heavy atom. The lowest BCUT2D eigenvalue weighted by molar-refractivity contribution is -0.124. The van der Waals surface area contributed by atoms with Crippen LogP contribution in [0, 0.1) is 0 Å². The van der Waals surface area contributed by atoms with E-state index < -0.39 is 5.41 Å². The van der Waals surface area contributed by atoms with Crippen molar-refractivity contribution in [2.24, 2.45) is 0 Å². The molecule has 4 rings (SSSR count). The second-order valence-electron chi connectivity index (χ2n) is 7.14. The van der Waals surface area contributed by atoms with Crippen molar-refractivity contribution in [1.29, 1.82) is 0 Å².